The maximum Gasteiger partial charge on any atom is 0.114 e. The van der Waals surface area contributed by atoms with Gasteiger partial charge in [0, 0.05) is 0 Å². The van der Waals surface area contributed by atoms with Crippen molar-refractivity contribution in [1.29, 1.82) is 0 Å². The Morgan fingerprint density at radius 1 is 1.04 bits per heavy atom. The van der Waals surface area contributed by atoms with Crippen LogP contribution in [0.1, 0.15) is 38.2 Å². The van der Waals surface area contributed by atoms with Crippen molar-refractivity contribution in [2.75, 3.05) is 19.8 Å². The molecule has 4 nitrogen and oxygen atoms in total. The van der Waals surface area contributed by atoms with Gasteiger partial charge in [0.05, 0.1) is 25.9 Å². The molecule has 2 heterocycles. The highest BCUT2D eigenvalue weighted by molar-refractivity contribution is 5.13. The molecule has 1 aromatic rings. The van der Waals surface area contributed by atoms with Crippen LogP contribution in [0.3, 0.4) is 0 Å². The first-order chi connectivity index (χ1) is 11.4. The molecule has 23 heavy (non-hydrogen) atoms. The number of fused-ring (bicyclic) bond motifs is 1. The molecule has 0 radical (unpaired) electrons. The summed E-state index contributed by atoms with van der Waals surface area (Å²) in [6.45, 7) is 5.28. The van der Waals surface area contributed by atoms with Crippen molar-refractivity contribution in [2.24, 2.45) is 0 Å². The number of hydrogen-bond acceptors (Lipinski definition) is 4. The van der Waals surface area contributed by atoms with Crippen molar-refractivity contribution in [1.82, 2.24) is 5.32 Å². The molecule has 0 spiro atoms. The summed E-state index contributed by atoms with van der Waals surface area (Å²) in [5.74, 6) is 0. The van der Waals surface area contributed by atoms with Crippen LogP contribution >= 0.6 is 0 Å². The molecule has 1 aromatic carbocycles. The lowest BCUT2D eigenvalue weighted by Gasteiger charge is -2.18. The van der Waals surface area contributed by atoms with Gasteiger partial charge in [-0.05, 0) is 18.5 Å². The number of unbranched alkanes of at least 4 members (excludes halogenated alkanes) is 3. The Balaban J connectivity index is 1.40. The standard InChI is InChI=1S/C19H29NO3/c1-2-3-4-8-11-20-16-13-22-19-17(14-23-18(16)19)21-12-15-9-6-5-7-10-15/h5-7,9-10,16-20H,2-4,8,11-14H2,1H3/t16-,17+,18-,19-/m1/s1. The Bertz CT molecular complexity index is 453. The molecule has 0 bridgehead atoms. The summed E-state index contributed by atoms with van der Waals surface area (Å²) in [5.41, 5.74) is 1.19. The van der Waals surface area contributed by atoms with Crippen LogP contribution in [-0.4, -0.2) is 44.1 Å². The lowest BCUT2D eigenvalue weighted by atomic mass is 10.1. The third-order valence-corrected chi connectivity index (χ3v) is 4.75. The smallest absolute Gasteiger partial charge is 0.114 e. The SMILES string of the molecule is CCCCCCN[C@@H]1CO[C@H]2[C@@H]1OC[C@@H]2OCc1ccccc1. The van der Waals surface area contributed by atoms with Crippen molar-refractivity contribution in [3.8, 4) is 0 Å². The van der Waals surface area contributed by atoms with Gasteiger partial charge in [0.2, 0.25) is 0 Å². The fraction of sp³-hybridized carbons (Fsp3) is 0.684. The zero-order chi connectivity index (χ0) is 15.9. The van der Waals surface area contributed by atoms with Gasteiger partial charge in [0.15, 0.2) is 0 Å². The fourth-order valence-electron chi connectivity index (χ4n) is 3.40. The molecule has 0 saturated carbocycles. The molecule has 1 N–H and O–H groups in total. The van der Waals surface area contributed by atoms with Gasteiger partial charge in [0.1, 0.15) is 18.3 Å². The van der Waals surface area contributed by atoms with E-state index in [1.54, 1.807) is 0 Å². The fourth-order valence-corrected chi connectivity index (χ4v) is 3.40. The zero-order valence-corrected chi connectivity index (χ0v) is 14.1. The molecule has 0 aromatic heterocycles. The van der Waals surface area contributed by atoms with Crippen molar-refractivity contribution < 1.29 is 14.2 Å². The highest BCUT2D eigenvalue weighted by Gasteiger charge is 2.47. The second-order valence-corrected chi connectivity index (χ2v) is 6.55. The Labute approximate surface area is 139 Å². The Morgan fingerprint density at radius 2 is 1.87 bits per heavy atom. The van der Waals surface area contributed by atoms with Crippen LogP contribution in [-0.2, 0) is 20.8 Å². The lowest BCUT2D eigenvalue weighted by Crippen LogP contribution is -2.41. The molecule has 2 aliphatic heterocycles. The van der Waals surface area contributed by atoms with Crippen LogP contribution < -0.4 is 5.32 Å². The summed E-state index contributed by atoms with van der Waals surface area (Å²) in [6.07, 6.45) is 5.40. The predicted octanol–water partition coefficient (Wildman–Crippen LogP) is 2.91. The van der Waals surface area contributed by atoms with E-state index in [2.05, 4.69) is 24.4 Å². The average molecular weight is 319 g/mol. The number of rotatable bonds is 9. The molecule has 2 fully saturated rings. The second kappa shape index (κ2) is 8.78. The van der Waals surface area contributed by atoms with Crippen LogP contribution in [0.15, 0.2) is 30.3 Å². The second-order valence-electron chi connectivity index (χ2n) is 6.55. The first-order valence-corrected chi connectivity index (χ1v) is 9.00. The highest BCUT2D eigenvalue weighted by Crippen LogP contribution is 2.29. The number of benzene rings is 1. The van der Waals surface area contributed by atoms with E-state index < -0.39 is 0 Å². The Hall–Kier alpha value is -0.940. The summed E-state index contributed by atoms with van der Waals surface area (Å²) in [7, 11) is 0. The monoisotopic (exact) mass is 319 g/mol. The van der Waals surface area contributed by atoms with E-state index in [1.807, 2.05) is 18.2 Å². The van der Waals surface area contributed by atoms with Gasteiger partial charge in [-0.1, -0.05) is 56.5 Å². The molecule has 2 saturated heterocycles. The minimum Gasteiger partial charge on any atom is -0.371 e. The average Bonchev–Trinajstić information content (AvgIpc) is 3.16. The first kappa shape index (κ1) is 16.9. The molecule has 0 amide bonds. The summed E-state index contributed by atoms with van der Waals surface area (Å²) in [6, 6.07) is 10.6. The van der Waals surface area contributed by atoms with E-state index in [1.165, 1.54) is 31.2 Å². The molecule has 0 unspecified atom stereocenters. The van der Waals surface area contributed by atoms with E-state index in [9.17, 15) is 0 Å². The van der Waals surface area contributed by atoms with E-state index in [0.717, 1.165) is 13.2 Å². The summed E-state index contributed by atoms with van der Waals surface area (Å²) >= 11 is 0. The van der Waals surface area contributed by atoms with Gasteiger partial charge in [-0.15, -0.1) is 0 Å². The third kappa shape index (κ3) is 4.54. The van der Waals surface area contributed by atoms with Gasteiger partial charge < -0.3 is 19.5 Å². The topological polar surface area (TPSA) is 39.7 Å². The van der Waals surface area contributed by atoms with E-state index in [4.69, 9.17) is 14.2 Å². The zero-order valence-electron chi connectivity index (χ0n) is 14.1. The molecular weight excluding hydrogens is 290 g/mol. The lowest BCUT2D eigenvalue weighted by molar-refractivity contribution is -0.0393. The van der Waals surface area contributed by atoms with Gasteiger partial charge in [-0.25, -0.2) is 0 Å². The van der Waals surface area contributed by atoms with Gasteiger partial charge >= 0.3 is 0 Å². The largest absolute Gasteiger partial charge is 0.371 e. The van der Waals surface area contributed by atoms with E-state index in [0.29, 0.717) is 19.3 Å². The molecule has 4 heteroatoms. The summed E-state index contributed by atoms with van der Waals surface area (Å²) < 4.78 is 17.9. The minimum atomic E-state index is 0.0482. The normalized spacial score (nSPS) is 29.8. The summed E-state index contributed by atoms with van der Waals surface area (Å²) in [4.78, 5) is 0. The van der Waals surface area contributed by atoms with Crippen LogP contribution in [0.2, 0.25) is 0 Å². The molecule has 0 aliphatic carbocycles. The summed E-state index contributed by atoms with van der Waals surface area (Å²) in [5, 5.41) is 3.60. The van der Waals surface area contributed by atoms with Gasteiger partial charge in [0.25, 0.3) is 0 Å². The van der Waals surface area contributed by atoms with E-state index in [-0.39, 0.29) is 18.3 Å². The predicted molar refractivity (Wildman–Crippen MR) is 90.4 cm³/mol. The Kier molecular flexibility index (Phi) is 6.46. The molecule has 128 valence electrons. The van der Waals surface area contributed by atoms with Crippen molar-refractivity contribution >= 4 is 0 Å². The van der Waals surface area contributed by atoms with Crippen LogP contribution in [0.5, 0.6) is 0 Å². The number of hydrogen-bond donors (Lipinski definition) is 1. The van der Waals surface area contributed by atoms with Crippen molar-refractivity contribution in [3.63, 3.8) is 0 Å². The first-order valence-electron chi connectivity index (χ1n) is 9.00. The molecule has 3 rings (SSSR count). The minimum absolute atomic E-state index is 0.0482. The van der Waals surface area contributed by atoms with E-state index >= 15 is 0 Å². The van der Waals surface area contributed by atoms with Crippen molar-refractivity contribution in [2.45, 2.75) is 63.6 Å². The highest BCUT2D eigenvalue weighted by atomic mass is 16.6. The molecular formula is C19H29NO3. The number of ether oxygens (including phenoxy) is 3. The van der Waals surface area contributed by atoms with Crippen LogP contribution in [0.4, 0.5) is 0 Å². The van der Waals surface area contributed by atoms with Gasteiger partial charge in [-0.2, -0.15) is 0 Å². The maximum atomic E-state index is 6.03. The van der Waals surface area contributed by atoms with Crippen LogP contribution in [0, 0.1) is 0 Å². The maximum absolute atomic E-state index is 6.03. The van der Waals surface area contributed by atoms with Crippen LogP contribution in [0.25, 0.3) is 0 Å². The Morgan fingerprint density at radius 3 is 2.70 bits per heavy atom. The van der Waals surface area contributed by atoms with Gasteiger partial charge in [-0.3, -0.25) is 0 Å². The molecule has 4 atom stereocenters. The third-order valence-electron chi connectivity index (χ3n) is 4.75. The number of nitrogens with one attached hydrogen (secondary N) is 1. The molecule has 2 aliphatic rings. The van der Waals surface area contributed by atoms with Crippen molar-refractivity contribution in [3.05, 3.63) is 35.9 Å². The quantitative estimate of drug-likeness (QED) is 0.711.